The lowest BCUT2D eigenvalue weighted by Crippen LogP contribution is -2.18. The van der Waals surface area contributed by atoms with E-state index in [9.17, 15) is 0 Å². The Kier molecular flexibility index (Phi) is 5.83. The molecule has 0 unspecified atom stereocenters. The van der Waals surface area contributed by atoms with E-state index in [1.165, 1.54) is 10.5 Å². The summed E-state index contributed by atoms with van der Waals surface area (Å²) < 4.78 is 5.40. The van der Waals surface area contributed by atoms with E-state index in [1.54, 1.807) is 0 Å². The number of thioether (sulfide) groups is 1. The van der Waals surface area contributed by atoms with Crippen LogP contribution >= 0.6 is 23.4 Å². The summed E-state index contributed by atoms with van der Waals surface area (Å²) in [7, 11) is 0. The van der Waals surface area contributed by atoms with Gasteiger partial charge in [0.2, 0.25) is 0 Å². The van der Waals surface area contributed by atoms with Gasteiger partial charge in [-0.25, -0.2) is 0 Å². The Hall–Kier alpha value is -0.220. The summed E-state index contributed by atoms with van der Waals surface area (Å²) in [6.07, 6.45) is 2.29. The van der Waals surface area contributed by atoms with E-state index < -0.39 is 0 Å². The number of rotatable bonds is 5. The zero-order chi connectivity index (χ0) is 12.8. The summed E-state index contributed by atoms with van der Waals surface area (Å²) in [6.45, 7) is 5.79. The van der Waals surface area contributed by atoms with Gasteiger partial charge in [-0.2, -0.15) is 0 Å². The molecule has 1 heterocycles. The van der Waals surface area contributed by atoms with Crippen molar-refractivity contribution in [2.24, 2.45) is 0 Å². The molecule has 0 aromatic heterocycles. The normalized spacial score (nSPS) is 17.0. The second-order valence-electron chi connectivity index (χ2n) is 4.46. The van der Waals surface area contributed by atoms with Crippen LogP contribution in [0.5, 0.6) is 0 Å². The molecule has 18 heavy (non-hydrogen) atoms. The third kappa shape index (κ3) is 4.16. The Balaban J connectivity index is 2.04. The molecule has 1 aliphatic rings. The molecule has 1 aliphatic heterocycles. The van der Waals surface area contributed by atoms with Crippen LogP contribution in [0.4, 0.5) is 0 Å². The maximum absolute atomic E-state index is 6.08. The maximum Gasteiger partial charge on any atom is 0.0476 e. The molecule has 0 bridgehead atoms. The van der Waals surface area contributed by atoms with Crippen molar-refractivity contribution in [3.63, 3.8) is 0 Å². The second kappa shape index (κ2) is 7.39. The van der Waals surface area contributed by atoms with Gasteiger partial charge in [-0.1, -0.05) is 18.5 Å². The molecule has 2 nitrogen and oxygen atoms in total. The minimum absolute atomic E-state index is 0.681. The third-order valence-corrected chi connectivity index (χ3v) is 4.74. The summed E-state index contributed by atoms with van der Waals surface area (Å²) in [4.78, 5) is 1.35. The summed E-state index contributed by atoms with van der Waals surface area (Å²) >= 11 is 8.05. The van der Waals surface area contributed by atoms with Gasteiger partial charge in [0.1, 0.15) is 0 Å². The van der Waals surface area contributed by atoms with E-state index in [4.69, 9.17) is 16.3 Å². The maximum atomic E-state index is 6.08. The molecule has 2 rings (SSSR count). The van der Waals surface area contributed by atoms with Crippen molar-refractivity contribution in [3.8, 4) is 0 Å². The lowest BCUT2D eigenvalue weighted by molar-refractivity contribution is 0.1000. The summed E-state index contributed by atoms with van der Waals surface area (Å²) in [5, 5.41) is 4.87. The van der Waals surface area contributed by atoms with Gasteiger partial charge in [-0.05, 0) is 43.1 Å². The van der Waals surface area contributed by atoms with E-state index in [-0.39, 0.29) is 0 Å². The van der Waals surface area contributed by atoms with Crippen LogP contribution in [0.25, 0.3) is 0 Å². The van der Waals surface area contributed by atoms with E-state index in [0.29, 0.717) is 5.25 Å². The minimum atomic E-state index is 0.681. The highest BCUT2D eigenvalue weighted by molar-refractivity contribution is 8.00. The SMILES string of the molecule is CCNCc1cc(Cl)ccc1SC1CCOCC1. The topological polar surface area (TPSA) is 21.3 Å². The summed E-state index contributed by atoms with van der Waals surface area (Å²) in [6, 6.07) is 6.21. The van der Waals surface area contributed by atoms with Crippen LogP contribution in [-0.4, -0.2) is 25.0 Å². The first kappa shape index (κ1) is 14.2. The molecular formula is C14H20ClNOS. The summed E-state index contributed by atoms with van der Waals surface area (Å²) in [5.74, 6) is 0. The van der Waals surface area contributed by atoms with Gasteiger partial charge in [-0.15, -0.1) is 11.8 Å². The van der Waals surface area contributed by atoms with E-state index in [2.05, 4.69) is 24.4 Å². The smallest absolute Gasteiger partial charge is 0.0476 e. The number of nitrogens with one attached hydrogen (secondary N) is 1. The van der Waals surface area contributed by atoms with E-state index in [1.807, 2.05) is 17.8 Å². The van der Waals surface area contributed by atoms with Crippen LogP contribution in [0.15, 0.2) is 23.1 Å². The molecule has 1 fully saturated rings. The summed E-state index contributed by atoms with van der Waals surface area (Å²) in [5.41, 5.74) is 1.31. The van der Waals surface area contributed by atoms with Crippen LogP contribution in [0.3, 0.4) is 0 Å². The number of hydrogen-bond donors (Lipinski definition) is 1. The van der Waals surface area contributed by atoms with Crippen molar-refractivity contribution in [1.29, 1.82) is 0 Å². The average molecular weight is 286 g/mol. The van der Waals surface area contributed by atoms with Crippen LogP contribution in [0.2, 0.25) is 5.02 Å². The Bertz CT molecular complexity index is 380. The van der Waals surface area contributed by atoms with Gasteiger partial charge in [0.05, 0.1) is 0 Å². The Labute approximate surface area is 118 Å². The fourth-order valence-corrected chi connectivity index (χ4v) is 3.45. The molecule has 100 valence electrons. The zero-order valence-corrected chi connectivity index (χ0v) is 12.3. The highest BCUT2D eigenvalue weighted by Crippen LogP contribution is 2.33. The van der Waals surface area contributed by atoms with Gasteiger partial charge >= 0.3 is 0 Å². The molecule has 0 radical (unpaired) electrons. The molecule has 0 saturated carbocycles. The number of ether oxygens (including phenoxy) is 1. The molecular weight excluding hydrogens is 266 g/mol. The fraction of sp³-hybridized carbons (Fsp3) is 0.571. The fourth-order valence-electron chi connectivity index (χ4n) is 2.03. The Morgan fingerprint density at radius 2 is 2.17 bits per heavy atom. The van der Waals surface area contributed by atoms with E-state index in [0.717, 1.165) is 44.2 Å². The van der Waals surface area contributed by atoms with Gasteiger partial charge in [0, 0.05) is 34.9 Å². The monoisotopic (exact) mass is 285 g/mol. The second-order valence-corrected chi connectivity index (χ2v) is 6.24. The average Bonchev–Trinajstić information content (AvgIpc) is 2.40. The van der Waals surface area contributed by atoms with Crippen molar-refractivity contribution < 1.29 is 4.74 Å². The molecule has 1 aromatic rings. The van der Waals surface area contributed by atoms with Crippen LogP contribution in [0, 0.1) is 0 Å². The molecule has 0 amide bonds. The highest BCUT2D eigenvalue weighted by atomic mass is 35.5. The van der Waals surface area contributed by atoms with Crippen molar-refractivity contribution in [1.82, 2.24) is 5.32 Å². The van der Waals surface area contributed by atoms with E-state index >= 15 is 0 Å². The zero-order valence-electron chi connectivity index (χ0n) is 10.7. The van der Waals surface area contributed by atoms with Crippen LogP contribution in [-0.2, 0) is 11.3 Å². The first-order chi connectivity index (χ1) is 8.79. The van der Waals surface area contributed by atoms with Gasteiger partial charge < -0.3 is 10.1 Å². The molecule has 0 aliphatic carbocycles. The van der Waals surface area contributed by atoms with Crippen LogP contribution in [0.1, 0.15) is 25.3 Å². The van der Waals surface area contributed by atoms with Gasteiger partial charge in [0.15, 0.2) is 0 Å². The van der Waals surface area contributed by atoms with Crippen molar-refractivity contribution in [2.75, 3.05) is 19.8 Å². The Morgan fingerprint density at radius 3 is 2.89 bits per heavy atom. The van der Waals surface area contributed by atoms with Gasteiger partial charge in [-0.3, -0.25) is 0 Å². The lowest BCUT2D eigenvalue weighted by Gasteiger charge is -2.22. The Morgan fingerprint density at radius 1 is 1.39 bits per heavy atom. The highest BCUT2D eigenvalue weighted by Gasteiger charge is 2.16. The predicted octanol–water partition coefficient (Wildman–Crippen LogP) is 3.72. The first-order valence-corrected chi connectivity index (χ1v) is 7.79. The molecule has 1 aromatic carbocycles. The third-order valence-electron chi connectivity index (χ3n) is 3.05. The predicted molar refractivity (Wildman–Crippen MR) is 78.5 cm³/mol. The minimum Gasteiger partial charge on any atom is -0.381 e. The number of hydrogen-bond acceptors (Lipinski definition) is 3. The molecule has 0 spiro atoms. The largest absolute Gasteiger partial charge is 0.381 e. The van der Waals surface area contributed by atoms with Crippen molar-refractivity contribution >= 4 is 23.4 Å². The number of halogens is 1. The quantitative estimate of drug-likeness (QED) is 0.891. The van der Waals surface area contributed by atoms with Crippen LogP contribution < -0.4 is 5.32 Å². The molecule has 1 saturated heterocycles. The standard InChI is InChI=1S/C14H20ClNOS/c1-2-16-10-11-9-12(15)3-4-14(11)18-13-5-7-17-8-6-13/h3-4,9,13,16H,2,5-8,10H2,1H3. The molecule has 1 N–H and O–H groups in total. The number of benzene rings is 1. The van der Waals surface area contributed by atoms with Crippen molar-refractivity contribution in [3.05, 3.63) is 28.8 Å². The molecule has 4 heteroatoms. The lowest BCUT2D eigenvalue weighted by atomic mass is 10.2. The van der Waals surface area contributed by atoms with Gasteiger partial charge in [0.25, 0.3) is 0 Å². The molecule has 0 atom stereocenters. The first-order valence-electron chi connectivity index (χ1n) is 6.53. The van der Waals surface area contributed by atoms with Crippen molar-refractivity contribution in [2.45, 2.75) is 36.5 Å².